The third-order valence-electron chi connectivity index (χ3n) is 15.5. The van der Waals surface area contributed by atoms with Gasteiger partial charge >= 0.3 is 12.1 Å². The summed E-state index contributed by atoms with van der Waals surface area (Å²) in [5, 5.41) is 55.4. The molecule has 1 aromatic carbocycles. The second-order valence-corrected chi connectivity index (χ2v) is 20.6. The van der Waals surface area contributed by atoms with Crippen molar-refractivity contribution in [3.8, 4) is 0 Å². The second kappa shape index (κ2) is 22.1. The molecule has 386 valence electrons. The van der Waals surface area contributed by atoms with E-state index in [1.54, 1.807) is 52.4 Å². The van der Waals surface area contributed by atoms with Crippen molar-refractivity contribution < 1.29 is 71.6 Å². The van der Waals surface area contributed by atoms with Crippen molar-refractivity contribution in [3.05, 3.63) is 47.3 Å². The number of cyclic esters (lactones) is 1. The molecule has 3 aliphatic rings. The van der Waals surface area contributed by atoms with Gasteiger partial charge in [-0.3, -0.25) is 9.59 Å². The zero-order valence-corrected chi connectivity index (χ0v) is 42.0. The van der Waals surface area contributed by atoms with Crippen molar-refractivity contribution in [2.45, 2.75) is 192 Å². The van der Waals surface area contributed by atoms with Crippen LogP contribution < -0.4 is 0 Å². The summed E-state index contributed by atoms with van der Waals surface area (Å²) in [7, 11) is 4.88. The van der Waals surface area contributed by atoms with Crippen LogP contribution in [0, 0.1) is 29.6 Å². The first-order chi connectivity index (χ1) is 31.6. The number of nitrogens with zero attached hydrogens (tertiary/aromatic N) is 4. The van der Waals surface area contributed by atoms with E-state index in [1.807, 2.05) is 25.8 Å². The van der Waals surface area contributed by atoms with Gasteiger partial charge in [0.05, 0.1) is 65.4 Å². The molecule has 0 saturated carbocycles. The second-order valence-electron chi connectivity index (χ2n) is 20.6. The Balaban J connectivity index is 1.47. The maximum Gasteiger partial charge on any atom is 0.416 e. The van der Waals surface area contributed by atoms with Crippen LogP contribution in [0.15, 0.2) is 30.5 Å². The number of alkyl halides is 3. The minimum atomic E-state index is -4.43. The van der Waals surface area contributed by atoms with Crippen LogP contribution in [0.4, 0.5) is 13.2 Å². The monoisotopic (exact) mass is 971 g/mol. The third kappa shape index (κ3) is 12.1. The van der Waals surface area contributed by atoms with Crippen LogP contribution in [-0.4, -0.2) is 158 Å². The molecule has 4 N–H and O–H groups in total. The number of carbonyl (C=O) groups excluding carboxylic acids is 2. The first-order valence-corrected chi connectivity index (χ1v) is 23.9. The smallest absolute Gasteiger partial charge is 0.416 e. The quantitative estimate of drug-likeness (QED) is 0.207. The molecule has 68 heavy (non-hydrogen) atoms. The fourth-order valence-electron chi connectivity index (χ4n) is 11.0. The lowest BCUT2D eigenvalue weighted by Crippen LogP contribution is -2.62. The van der Waals surface area contributed by atoms with Gasteiger partial charge in [-0.15, -0.1) is 5.10 Å². The molecule has 5 rings (SSSR count). The number of hydrogen-bond donors (Lipinski definition) is 4. The molecule has 0 amide bonds. The Hall–Kier alpha value is -3.11. The lowest BCUT2D eigenvalue weighted by Gasteiger charge is -2.52. The molecule has 16 nitrogen and oxygen atoms in total. The average Bonchev–Trinajstić information content (AvgIpc) is 3.74. The molecule has 3 saturated heterocycles. The molecule has 0 radical (unpaired) electrons. The lowest BCUT2D eigenvalue weighted by molar-refractivity contribution is -0.305. The summed E-state index contributed by atoms with van der Waals surface area (Å²) < 4.78 is 79.3. The maximum absolute atomic E-state index is 14.5. The predicted octanol–water partition coefficient (Wildman–Crippen LogP) is 4.98. The first kappa shape index (κ1) is 55.8. The van der Waals surface area contributed by atoms with Crippen molar-refractivity contribution >= 4 is 11.8 Å². The Morgan fingerprint density at radius 2 is 1.54 bits per heavy atom. The molecule has 1 aromatic heterocycles. The number of methoxy groups -OCH3 is 2. The van der Waals surface area contributed by atoms with Crippen LogP contribution in [0.3, 0.4) is 0 Å². The standard InChI is InChI=1S/C49H77F3N4O12/c1-14-37-48(10,62)41(59)30(6)39(57)26(2)22-47(9,64-13)43(28(4)38(29(5)44(61)67-37)36-23-46(8,63-12)42(60)31(7)66-36)68-45-40(58)35(21-27(3)65-45)55(11)20-19-34-25-56(54-53-34)24-32-15-17-33(18-16-32)49(50,51)52/h15-18,25-31,35-38,40-43,45,58-60,62H,14,19-24H2,1-13H3/t26-,27-,28+,29-,30+,31+,35+,36?,37-,38+,40-,41-,42+,43-,45+,46-,47-,48-/m1/s1. The number of ether oxygens (including phenoxy) is 6. The third-order valence-corrected chi connectivity index (χ3v) is 15.5. The number of aromatic nitrogens is 3. The summed E-state index contributed by atoms with van der Waals surface area (Å²) in [6, 6.07) is 4.40. The number of esters is 1. The summed E-state index contributed by atoms with van der Waals surface area (Å²) in [5.74, 6) is -5.24. The highest BCUT2D eigenvalue weighted by Crippen LogP contribution is 2.46. The lowest BCUT2D eigenvalue weighted by atomic mass is 9.67. The van der Waals surface area contributed by atoms with Crippen LogP contribution >= 0.6 is 0 Å². The minimum absolute atomic E-state index is 0.0664. The molecule has 4 heterocycles. The Bertz CT molecular complexity index is 1970. The van der Waals surface area contributed by atoms with Gasteiger partial charge in [-0.1, -0.05) is 52.0 Å². The molecule has 3 aliphatic heterocycles. The maximum atomic E-state index is 14.5. The highest BCUT2D eigenvalue weighted by atomic mass is 19.4. The minimum Gasteiger partial charge on any atom is -0.459 e. The average molecular weight is 971 g/mol. The first-order valence-electron chi connectivity index (χ1n) is 23.9. The number of likely N-dealkylation sites (N-methyl/N-ethyl adjacent to an activating group) is 1. The van der Waals surface area contributed by atoms with E-state index >= 15 is 0 Å². The Morgan fingerprint density at radius 3 is 2.13 bits per heavy atom. The topological polar surface area (TPSA) is 204 Å². The van der Waals surface area contributed by atoms with Gasteiger partial charge in [0.1, 0.15) is 29.7 Å². The summed E-state index contributed by atoms with van der Waals surface area (Å²) in [6.07, 6.45) is -10.6. The number of benzene rings is 1. The SMILES string of the molecule is CC[C@H]1OC(=O)[C@H](C)[C@@H](C2C[C@@](C)(OC)[C@@H](O)[C@H](C)O2)[C@H](C)[C@@H](O[C@@H]2O[C@H](C)C[C@H](N(C)CCc3cn(Cc4ccc(C(F)(F)F)cc4)nn3)[C@H]2O)[C@](C)(OC)C[C@@H](C)C(=O)[C@H](C)[C@@H](O)[C@]1(C)O. The van der Waals surface area contributed by atoms with E-state index in [9.17, 15) is 43.2 Å². The number of rotatable bonds is 12. The van der Waals surface area contributed by atoms with Gasteiger partial charge in [0.2, 0.25) is 0 Å². The fraction of sp³-hybridized carbons (Fsp3) is 0.796. The van der Waals surface area contributed by atoms with Crippen molar-refractivity contribution in [2.24, 2.45) is 29.6 Å². The van der Waals surface area contributed by atoms with Crippen LogP contribution in [0.25, 0.3) is 0 Å². The molecule has 18 atom stereocenters. The Kier molecular flexibility index (Phi) is 18.2. The van der Waals surface area contributed by atoms with Gasteiger partial charge in [0.15, 0.2) is 6.29 Å². The van der Waals surface area contributed by atoms with Crippen molar-refractivity contribution in [1.82, 2.24) is 19.9 Å². The zero-order valence-electron chi connectivity index (χ0n) is 42.0. The number of Topliss-reactive ketones (excluding diaryl/α,β-unsaturated/α-hetero) is 1. The van der Waals surface area contributed by atoms with Crippen LogP contribution in [0.1, 0.15) is 112 Å². The predicted molar refractivity (Wildman–Crippen MR) is 243 cm³/mol. The number of aliphatic hydroxyl groups is 4. The Morgan fingerprint density at radius 1 is 0.912 bits per heavy atom. The summed E-state index contributed by atoms with van der Waals surface area (Å²) in [4.78, 5) is 30.8. The largest absolute Gasteiger partial charge is 0.459 e. The van der Waals surface area contributed by atoms with Crippen LogP contribution in [0.5, 0.6) is 0 Å². The number of aliphatic hydroxyl groups excluding tert-OH is 3. The zero-order chi connectivity index (χ0) is 50.8. The summed E-state index contributed by atoms with van der Waals surface area (Å²) in [6.45, 7) is 17.8. The van der Waals surface area contributed by atoms with Crippen molar-refractivity contribution in [3.63, 3.8) is 0 Å². The summed E-state index contributed by atoms with van der Waals surface area (Å²) >= 11 is 0. The van der Waals surface area contributed by atoms with Crippen molar-refractivity contribution in [2.75, 3.05) is 27.8 Å². The van der Waals surface area contributed by atoms with E-state index in [4.69, 9.17) is 28.4 Å². The molecule has 3 fully saturated rings. The molecule has 0 aliphatic carbocycles. The molecule has 2 aromatic rings. The van der Waals surface area contributed by atoms with Gasteiger partial charge < -0.3 is 53.7 Å². The number of halogens is 3. The van der Waals surface area contributed by atoms with Gasteiger partial charge in [-0.2, -0.15) is 13.2 Å². The van der Waals surface area contributed by atoms with E-state index in [1.165, 1.54) is 40.2 Å². The fourth-order valence-corrected chi connectivity index (χ4v) is 11.0. The molecule has 19 heteroatoms. The van der Waals surface area contributed by atoms with E-state index in [0.29, 0.717) is 30.6 Å². The number of carbonyl (C=O) groups is 2. The van der Waals surface area contributed by atoms with E-state index in [-0.39, 0.29) is 31.6 Å². The molecular formula is C49H77F3N4O12. The molecule has 1 unspecified atom stereocenters. The van der Waals surface area contributed by atoms with Crippen molar-refractivity contribution in [1.29, 1.82) is 0 Å². The van der Waals surface area contributed by atoms with Crippen LogP contribution in [0.2, 0.25) is 0 Å². The molecule has 0 bridgehead atoms. The summed E-state index contributed by atoms with van der Waals surface area (Å²) in [5.41, 5.74) is -3.86. The normalized spacial score (nSPS) is 40.5. The number of hydrogen-bond acceptors (Lipinski definition) is 15. The van der Waals surface area contributed by atoms with Crippen LogP contribution in [-0.2, 0) is 57.2 Å². The van der Waals surface area contributed by atoms with E-state index in [2.05, 4.69) is 10.3 Å². The highest BCUT2D eigenvalue weighted by Gasteiger charge is 2.56. The molecular weight excluding hydrogens is 894 g/mol. The van der Waals surface area contributed by atoms with E-state index < -0.39 is 125 Å². The van der Waals surface area contributed by atoms with Gasteiger partial charge in [-0.05, 0) is 84.5 Å². The van der Waals surface area contributed by atoms with Gasteiger partial charge in [0, 0.05) is 63.6 Å². The number of ketones is 1. The van der Waals surface area contributed by atoms with E-state index in [0.717, 1.165) is 12.1 Å². The highest BCUT2D eigenvalue weighted by molar-refractivity contribution is 5.83. The Labute approximate surface area is 399 Å². The molecule has 0 spiro atoms. The van der Waals surface area contributed by atoms with Gasteiger partial charge in [-0.25, -0.2) is 4.68 Å². The van der Waals surface area contributed by atoms with Gasteiger partial charge in [0.25, 0.3) is 0 Å².